The van der Waals surface area contributed by atoms with Crippen LogP contribution in [0.15, 0.2) is 34.7 Å². The number of nitrogen functional groups attached to an aromatic ring is 1. The molecule has 0 bridgehead atoms. The van der Waals surface area contributed by atoms with E-state index in [1.807, 2.05) is 0 Å². The minimum Gasteiger partial charge on any atom is -0.399 e. The minimum absolute atomic E-state index is 0.152. The van der Waals surface area contributed by atoms with Gasteiger partial charge in [-0.05, 0) is 24.3 Å². The average molecular weight is 304 g/mol. The van der Waals surface area contributed by atoms with Crippen molar-refractivity contribution in [2.75, 3.05) is 11.1 Å². The summed E-state index contributed by atoms with van der Waals surface area (Å²) < 4.78 is 5.65. The highest BCUT2D eigenvalue weighted by molar-refractivity contribution is 7.22. The van der Waals surface area contributed by atoms with E-state index in [1.54, 1.807) is 18.2 Å². The first-order valence-electron chi connectivity index (χ1n) is 5.74. The summed E-state index contributed by atoms with van der Waals surface area (Å²) in [4.78, 5) is 25.9. The monoisotopic (exact) mass is 304 g/mol. The van der Waals surface area contributed by atoms with E-state index in [-0.39, 0.29) is 5.76 Å². The third kappa shape index (κ3) is 2.54. The third-order valence-electron chi connectivity index (χ3n) is 2.63. The Morgan fingerprint density at radius 1 is 1.38 bits per heavy atom. The van der Waals surface area contributed by atoms with E-state index >= 15 is 0 Å². The maximum absolute atomic E-state index is 11.9. The van der Waals surface area contributed by atoms with Gasteiger partial charge in [-0.3, -0.25) is 20.2 Å². The van der Waals surface area contributed by atoms with Crippen LogP contribution in [0.5, 0.6) is 0 Å². The SMILES string of the molecule is Nc1ccc2nc(NC(=O)c3ccc([N+](=O)[O-])o3)sc2c1. The van der Waals surface area contributed by atoms with Gasteiger partial charge >= 0.3 is 5.88 Å². The number of hydrogen-bond donors (Lipinski definition) is 2. The summed E-state index contributed by atoms with van der Waals surface area (Å²) in [6.07, 6.45) is 0. The second-order valence-corrected chi connectivity index (χ2v) is 5.13. The van der Waals surface area contributed by atoms with Crippen LogP contribution < -0.4 is 11.1 Å². The van der Waals surface area contributed by atoms with Crippen molar-refractivity contribution < 1.29 is 14.1 Å². The predicted molar refractivity (Wildman–Crippen MR) is 77.3 cm³/mol. The van der Waals surface area contributed by atoms with Crippen LogP contribution in [-0.2, 0) is 0 Å². The van der Waals surface area contributed by atoms with E-state index in [1.165, 1.54) is 17.4 Å². The molecule has 0 spiro atoms. The molecule has 0 radical (unpaired) electrons. The summed E-state index contributed by atoms with van der Waals surface area (Å²) in [7, 11) is 0. The Labute approximate surface area is 121 Å². The summed E-state index contributed by atoms with van der Waals surface area (Å²) in [5.74, 6) is -1.24. The van der Waals surface area contributed by atoms with Gasteiger partial charge in [-0.1, -0.05) is 11.3 Å². The maximum atomic E-state index is 11.9. The standard InChI is InChI=1S/C12H8N4O4S/c13-6-1-2-7-9(5-6)21-12(14-7)15-11(17)8-3-4-10(20-8)16(18)19/h1-5H,13H2,(H,14,15,17). The Kier molecular flexibility index (Phi) is 3.03. The molecule has 0 aliphatic rings. The number of nitrogens with zero attached hydrogens (tertiary/aromatic N) is 2. The van der Waals surface area contributed by atoms with Crippen molar-refractivity contribution in [3.05, 3.63) is 46.2 Å². The molecular weight excluding hydrogens is 296 g/mol. The highest BCUT2D eigenvalue weighted by Crippen LogP contribution is 2.28. The van der Waals surface area contributed by atoms with E-state index in [9.17, 15) is 14.9 Å². The number of thiazole rings is 1. The molecule has 0 aliphatic carbocycles. The van der Waals surface area contributed by atoms with Gasteiger partial charge in [0, 0.05) is 5.69 Å². The molecule has 0 saturated carbocycles. The normalized spacial score (nSPS) is 10.7. The lowest BCUT2D eigenvalue weighted by Gasteiger charge is -1.96. The van der Waals surface area contributed by atoms with Crippen molar-refractivity contribution in [3.8, 4) is 0 Å². The molecule has 21 heavy (non-hydrogen) atoms. The number of nitro groups is 1. The number of fused-ring (bicyclic) bond motifs is 1. The van der Waals surface area contributed by atoms with Gasteiger partial charge < -0.3 is 10.2 Å². The Bertz CT molecular complexity index is 854. The number of rotatable bonds is 3. The highest BCUT2D eigenvalue weighted by Gasteiger charge is 2.18. The third-order valence-corrected chi connectivity index (χ3v) is 3.56. The topological polar surface area (TPSA) is 124 Å². The van der Waals surface area contributed by atoms with Gasteiger partial charge in [0.25, 0.3) is 5.91 Å². The zero-order chi connectivity index (χ0) is 15.0. The zero-order valence-corrected chi connectivity index (χ0v) is 11.2. The number of hydrogen-bond acceptors (Lipinski definition) is 7. The summed E-state index contributed by atoms with van der Waals surface area (Å²) in [6, 6.07) is 7.56. The molecule has 1 aromatic carbocycles. The number of aromatic nitrogens is 1. The summed E-state index contributed by atoms with van der Waals surface area (Å²) in [6.45, 7) is 0. The Morgan fingerprint density at radius 3 is 2.90 bits per heavy atom. The fourth-order valence-corrected chi connectivity index (χ4v) is 2.61. The van der Waals surface area contributed by atoms with E-state index < -0.39 is 16.7 Å². The molecule has 3 rings (SSSR count). The predicted octanol–water partition coefficient (Wildman–Crippen LogP) is 2.63. The van der Waals surface area contributed by atoms with Crippen LogP contribution >= 0.6 is 11.3 Å². The Balaban J connectivity index is 1.83. The second-order valence-electron chi connectivity index (χ2n) is 4.10. The summed E-state index contributed by atoms with van der Waals surface area (Å²) in [5.41, 5.74) is 6.98. The first kappa shape index (κ1) is 13.1. The van der Waals surface area contributed by atoms with Crippen LogP contribution in [0, 0.1) is 10.1 Å². The highest BCUT2D eigenvalue weighted by atomic mass is 32.1. The largest absolute Gasteiger partial charge is 0.433 e. The molecule has 0 saturated heterocycles. The second kappa shape index (κ2) is 4.87. The van der Waals surface area contributed by atoms with Crippen LogP contribution in [0.1, 0.15) is 10.6 Å². The van der Waals surface area contributed by atoms with Gasteiger partial charge in [0.15, 0.2) is 10.9 Å². The van der Waals surface area contributed by atoms with Crippen molar-refractivity contribution >= 4 is 44.2 Å². The fourth-order valence-electron chi connectivity index (χ4n) is 1.70. The number of amides is 1. The quantitative estimate of drug-likeness (QED) is 0.435. The van der Waals surface area contributed by atoms with E-state index in [0.29, 0.717) is 16.3 Å². The first-order valence-corrected chi connectivity index (χ1v) is 6.56. The van der Waals surface area contributed by atoms with Gasteiger partial charge in [0.1, 0.15) is 4.92 Å². The van der Waals surface area contributed by atoms with Crippen LogP contribution in [0.25, 0.3) is 10.2 Å². The van der Waals surface area contributed by atoms with E-state index in [4.69, 9.17) is 10.2 Å². The molecule has 2 heterocycles. The number of benzene rings is 1. The Hall–Kier alpha value is -2.94. The van der Waals surface area contributed by atoms with Gasteiger partial charge in [0.05, 0.1) is 16.3 Å². The Morgan fingerprint density at radius 2 is 2.19 bits per heavy atom. The van der Waals surface area contributed by atoms with E-state index in [2.05, 4.69) is 10.3 Å². The molecule has 0 unspecified atom stereocenters. The number of carbonyl (C=O) groups is 1. The summed E-state index contributed by atoms with van der Waals surface area (Å²) >= 11 is 1.25. The van der Waals surface area contributed by atoms with Crippen molar-refractivity contribution in [2.45, 2.75) is 0 Å². The van der Waals surface area contributed by atoms with Gasteiger partial charge in [0.2, 0.25) is 0 Å². The molecule has 0 aliphatic heterocycles. The molecule has 3 N–H and O–H groups in total. The molecule has 1 amide bonds. The van der Waals surface area contributed by atoms with Crippen LogP contribution in [0.2, 0.25) is 0 Å². The van der Waals surface area contributed by atoms with Crippen molar-refractivity contribution in [3.63, 3.8) is 0 Å². The van der Waals surface area contributed by atoms with Gasteiger partial charge in [-0.15, -0.1) is 0 Å². The van der Waals surface area contributed by atoms with Crippen molar-refractivity contribution in [1.82, 2.24) is 4.98 Å². The zero-order valence-electron chi connectivity index (χ0n) is 10.4. The lowest BCUT2D eigenvalue weighted by atomic mass is 10.3. The van der Waals surface area contributed by atoms with E-state index in [0.717, 1.165) is 10.8 Å². The fraction of sp³-hybridized carbons (Fsp3) is 0. The molecule has 2 aromatic heterocycles. The lowest BCUT2D eigenvalue weighted by molar-refractivity contribution is -0.402. The maximum Gasteiger partial charge on any atom is 0.433 e. The van der Waals surface area contributed by atoms with Gasteiger partial charge in [-0.2, -0.15) is 0 Å². The minimum atomic E-state index is -0.711. The first-order chi connectivity index (χ1) is 10.0. The number of anilines is 2. The summed E-state index contributed by atoms with van der Waals surface area (Å²) in [5, 5.41) is 13.4. The molecule has 9 heteroatoms. The average Bonchev–Trinajstić information content (AvgIpc) is 3.03. The van der Waals surface area contributed by atoms with Gasteiger partial charge in [-0.25, -0.2) is 4.98 Å². The number of furan rings is 1. The number of carbonyl (C=O) groups excluding carboxylic acids is 1. The van der Waals surface area contributed by atoms with Crippen molar-refractivity contribution in [1.29, 1.82) is 0 Å². The number of nitrogens with two attached hydrogens (primary N) is 1. The van der Waals surface area contributed by atoms with Crippen LogP contribution in [0.3, 0.4) is 0 Å². The lowest BCUT2D eigenvalue weighted by Crippen LogP contribution is -2.10. The molecule has 106 valence electrons. The van der Waals surface area contributed by atoms with Crippen LogP contribution in [-0.4, -0.2) is 15.8 Å². The molecule has 3 aromatic rings. The number of nitrogens with one attached hydrogen (secondary N) is 1. The van der Waals surface area contributed by atoms with Crippen molar-refractivity contribution in [2.24, 2.45) is 0 Å². The molecule has 0 fully saturated rings. The smallest absolute Gasteiger partial charge is 0.399 e. The van der Waals surface area contributed by atoms with Crippen LogP contribution in [0.4, 0.5) is 16.7 Å². The molecule has 8 nitrogen and oxygen atoms in total. The molecular formula is C12H8N4O4S. The molecule has 0 atom stereocenters.